The van der Waals surface area contributed by atoms with E-state index in [0.29, 0.717) is 6.42 Å². The standard InChI is InChI=1S/C11H11ClN4O3S/c1-6-8(20-5-13-6)3-4-19-10-9(16(17)18)7(2)14-11(12)15-10/h5H,3-4H2,1-2H3. The quantitative estimate of drug-likeness (QED) is 0.479. The second-order valence-electron chi connectivity index (χ2n) is 3.95. The van der Waals surface area contributed by atoms with Gasteiger partial charge in [-0.1, -0.05) is 0 Å². The van der Waals surface area contributed by atoms with Crippen LogP contribution in [0.4, 0.5) is 5.69 Å². The van der Waals surface area contributed by atoms with Crippen LogP contribution in [-0.4, -0.2) is 26.5 Å². The largest absolute Gasteiger partial charge is 0.472 e. The van der Waals surface area contributed by atoms with Gasteiger partial charge in [0, 0.05) is 11.3 Å². The maximum absolute atomic E-state index is 11.0. The smallest absolute Gasteiger partial charge is 0.352 e. The van der Waals surface area contributed by atoms with Crippen LogP contribution in [0.1, 0.15) is 16.3 Å². The first-order valence-electron chi connectivity index (χ1n) is 5.69. The highest BCUT2D eigenvalue weighted by Gasteiger charge is 2.23. The molecule has 0 aliphatic heterocycles. The van der Waals surface area contributed by atoms with Crippen molar-refractivity contribution in [3.8, 4) is 5.88 Å². The van der Waals surface area contributed by atoms with E-state index in [1.54, 1.807) is 5.51 Å². The average Bonchev–Trinajstić information content (AvgIpc) is 2.73. The van der Waals surface area contributed by atoms with Crippen LogP contribution in [0.5, 0.6) is 5.88 Å². The Labute approximate surface area is 123 Å². The lowest BCUT2D eigenvalue weighted by Gasteiger charge is -2.06. The van der Waals surface area contributed by atoms with Crippen molar-refractivity contribution >= 4 is 28.6 Å². The zero-order chi connectivity index (χ0) is 14.7. The molecule has 0 aliphatic rings. The van der Waals surface area contributed by atoms with Crippen LogP contribution >= 0.6 is 22.9 Å². The normalized spacial score (nSPS) is 10.6. The summed E-state index contributed by atoms with van der Waals surface area (Å²) in [5.74, 6) is -0.102. The fourth-order valence-corrected chi connectivity index (χ4v) is 2.59. The minimum absolute atomic E-state index is 0.0722. The summed E-state index contributed by atoms with van der Waals surface area (Å²) in [6.07, 6.45) is 0.605. The second kappa shape index (κ2) is 6.10. The molecule has 2 rings (SSSR count). The van der Waals surface area contributed by atoms with Crippen LogP contribution in [0.25, 0.3) is 0 Å². The molecule has 0 spiro atoms. The predicted molar refractivity (Wildman–Crippen MR) is 74.5 cm³/mol. The molecule has 106 valence electrons. The van der Waals surface area contributed by atoms with Crippen molar-refractivity contribution < 1.29 is 9.66 Å². The van der Waals surface area contributed by atoms with E-state index < -0.39 is 4.92 Å². The van der Waals surface area contributed by atoms with Crippen LogP contribution in [0.15, 0.2) is 5.51 Å². The monoisotopic (exact) mass is 314 g/mol. The summed E-state index contributed by atoms with van der Waals surface area (Å²) in [5.41, 5.74) is 2.61. The fraction of sp³-hybridized carbons (Fsp3) is 0.364. The van der Waals surface area contributed by atoms with Gasteiger partial charge in [-0.3, -0.25) is 10.1 Å². The van der Waals surface area contributed by atoms with E-state index in [1.165, 1.54) is 18.3 Å². The van der Waals surface area contributed by atoms with E-state index >= 15 is 0 Å². The summed E-state index contributed by atoms with van der Waals surface area (Å²) < 4.78 is 5.39. The van der Waals surface area contributed by atoms with Gasteiger partial charge in [-0.05, 0) is 25.4 Å². The molecule has 0 radical (unpaired) electrons. The maximum Gasteiger partial charge on any atom is 0.352 e. The molecule has 0 saturated heterocycles. The Morgan fingerprint density at radius 1 is 1.40 bits per heavy atom. The number of hydrogen-bond acceptors (Lipinski definition) is 7. The van der Waals surface area contributed by atoms with Crippen molar-refractivity contribution in [3.63, 3.8) is 0 Å². The number of hydrogen-bond donors (Lipinski definition) is 0. The third-order valence-corrected chi connectivity index (χ3v) is 3.76. The summed E-state index contributed by atoms with van der Waals surface area (Å²) in [4.78, 5) is 23.1. The highest BCUT2D eigenvalue weighted by molar-refractivity contribution is 7.09. The minimum Gasteiger partial charge on any atom is -0.472 e. The van der Waals surface area contributed by atoms with Crippen molar-refractivity contribution in [1.29, 1.82) is 0 Å². The summed E-state index contributed by atoms with van der Waals surface area (Å²) >= 11 is 7.22. The van der Waals surface area contributed by atoms with Gasteiger partial charge in [0.2, 0.25) is 5.28 Å². The third kappa shape index (κ3) is 3.20. The lowest BCUT2D eigenvalue weighted by Crippen LogP contribution is -2.07. The molecule has 0 saturated carbocycles. The number of thiazole rings is 1. The van der Waals surface area contributed by atoms with Gasteiger partial charge in [0.25, 0.3) is 5.88 Å². The molecule has 0 aromatic carbocycles. The topological polar surface area (TPSA) is 91.0 Å². The molecule has 0 atom stereocenters. The van der Waals surface area contributed by atoms with Crippen LogP contribution in [0.3, 0.4) is 0 Å². The van der Waals surface area contributed by atoms with Crippen molar-refractivity contribution in [2.45, 2.75) is 20.3 Å². The second-order valence-corrected chi connectivity index (χ2v) is 5.23. The van der Waals surface area contributed by atoms with E-state index in [9.17, 15) is 10.1 Å². The molecule has 7 nitrogen and oxygen atoms in total. The number of nitrogens with zero attached hydrogens (tertiary/aromatic N) is 4. The average molecular weight is 315 g/mol. The number of rotatable bonds is 5. The van der Waals surface area contributed by atoms with E-state index in [4.69, 9.17) is 16.3 Å². The van der Waals surface area contributed by atoms with E-state index in [1.807, 2.05) is 6.92 Å². The van der Waals surface area contributed by atoms with E-state index in [-0.39, 0.29) is 29.2 Å². The molecule has 0 unspecified atom stereocenters. The minimum atomic E-state index is -0.570. The van der Waals surface area contributed by atoms with Crippen LogP contribution < -0.4 is 4.74 Å². The number of ether oxygens (including phenoxy) is 1. The summed E-state index contributed by atoms with van der Waals surface area (Å²) in [5, 5.41) is 10.9. The lowest BCUT2D eigenvalue weighted by atomic mass is 10.3. The van der Waals surface area contributed by atoms with Gasteiger partial charge < -0.3 is 4.74 Å². The first kappa shape index (κ1) is 14.6. The third-order valence-electron chi connectivity index (χ3n) is 2.59. The molecular formula is C11H11ClN4O3S. The number of halogens is 1. The molecular weight excluding hydrogens is 304 g/mol. The van der Waals surface area contributed by atoms with Crippen LogP contribution in [0, 0.1) is 24.0 Å². The van der Waals surface area contributed by atoms with Gasteiger partial charge >= 0.3 is 5.69 Å². The van der Waals surface area contributed by atoms with Crippen molar-refractivity contribution in [2.75, 3.05) is 6.61 Å². The number of aromatic nitrogens is 3. The van der Waals surface area contributed by atoms with Gasteiger partial charge in [-0.2, -0.15) is 4.98 Å². The molecule has 9 heteroatoms. The molecule has 20 heavy (non-hydrogen) atoms. The summed E-state index contributed by atoms with van der Waals surface area (Å²) in [6, 6.07) is 0. The van der Waals surface area contributed by atoms with Gasteiger partial charge in [-0.25, -0.2) is 9.97 Å². The highest BCUT2D eigenvalue weighted by atomic mass is 35.5. The van der Waals surface area contributed by atoms with Crippen molar-refractivity contribution in [2.24, 2.45) is 0 Å². The van der Waals surface area contributed by atoms with E-state index in [2.05, 4.69) is 15.0 Å². The molecule has 2 heterocycles. The SMILES string of the molecule is Cc1ncsc1CCOc1nc(Cl)nc(C)c1[N+](=O)[O-]. The van der Waals surface area contributed by atoms with Gasteiger partial charge in [0.15, 0.2) is 0 Å². The Bertz CT molecular complexity index is 647. The zero-order valence-corrected chi connectivity index (χ0v) is 12.4. The number of nitro groups is 1. The molecule has 0 N–H and O–H groups in total. The van der Waals surface area contributed by atoms with Crippen LogP contribution in [0.2, 0.25) is 5.28 Å². The Kier molecular flexibility index (Phi) is 4.46. The van der Waals surface area contributed by atoms with Gasteiger partial charge in [0.1, 0.15) is 5.69 Å². The van der Waals surface area contributed by atoms with Crippen LogP contribution in [-0.2, 0) is 6.42 Å². The predicted octanol–water partition coefficient (Wildman–Crippen LogP) is 2.73. The first-order chi connectivity index (χ1) is 9.49. The Morgan fingerprint density at radius 2 is 2.15 bits per heavy atom. The molecule has 0 bridgehead atoms. The zero-order valence-electron chi connectivity index (χ0n) is 10.8. The molecule has 2 aromatic rings. The summed E-state index contributed by atoms with van der Waals surface area (Å²) in [6.45, 7) is 3.66. The van der Waals surface area contributed by atoms with Crippen molar-refractivity contribution in [1.82, 2.24) is 15.0 Å². The Morgan fingerprint density at radius 3 is 2.75 bits per heavy atom. The Balaban J connectivity index is 2.13. The van der Waals surface area contributed by atoms with Crippen molar-refractivity contribution in [3.05, 3.63) is 37.2 Å². The van der Waals surface area contributed by atoms with E-state index in [0.717, 1.165) is 10.6 Å². The summed E-state index contributed by atoms with van der Waals surface area (Å²) in [7, 11) is 0. The Hall–Kier alpha value is -1.80. The first-order valence-corrected chi connectivity index (χ1v) is 6.95. The highest BCUT2D eigenvalue weighted by Crippen LogP contribution is 2.28. The maximum atomic E-state index is 11.0. The molecule has 0 aliphatic carbocycles. The number of aryl methyl sites for hydroxylation is 2. The van der Waals surface area contributed by atoms with Gasteiger partial charge in [0.05, 0.1) is 22.7 Å². The molecule has 0 fully saturated rings. The molecule has 2 aromatic heterocycles. The molecule has 0 amide bonds. The van der Waals surface area contributed by atoms with Gasteiger partial charge in [-0.15, -0.1) is 11.3 Å². The lowest BCUT2D eigenvalue weighted by molar-refractivity contribution is -0.387. The fourth-order valence-electron chi connectivity index (χ4n) is 1.63.